The first-order chi connectivity index (χ1) is 5.33. The molecule has 1 aromatic heterocycles. The number of halogens is 1. The zero-order valence-corrected chi connectivity index (χ0v) is 8.99. The van der Waals surface area contributed by atoms with Gasteiger partial charge in [0.2, 0.25) is 0 Å². The van der Waals surface area contributed by atoms with Crippen molar-refractivity contribution in [3.05, 3.63) is 22.4 Å². The number of alkyl halides is 1. The van der Waals surface area contributed by atoms with Crippen molar-refractivity contribution in [2.24, 2.45) is 0 Å². The zero-order valence-electron chi connectivity index (χ0n) is 6.59. The van der Waals surface area contributed by atoms with E-state index in [9.17, 15) is 0 Å². The van der Waals surface area contributed by atoms with Gasteiger partial charge in [0.1, 0.15) is 0 Å². The average Bonchev–Trinajstić information content (AvgIpc) is 2.40. The Morgan fingerprint density at radius 1 is 1.64 bits per heavy atom. The standard InChI is InChI=1S/C8H12BrNS/c1-10(5-4-9)7-8-3-2-6-11-8/h2-3,6H,4-5,7H2,1H3. The predicted molar refractivity (Wildman–Crippen MR) is 54.4 cm³/mol. The first-order valence-electron chi connectivity index (χ1n) is 3.60. The highest BCUT2D eigenvalue weighted by molar-refractivity contribution is 9.09. The van der Waals surface area contributed by atoms with Crippen LogP contribution >= 0.6 is 27.3 Å². The van der Waals surface area contributed by atoms with Crippen molar-refractivity contribution in [2.45, 2.75) is 6.54 Å². The molecule has 0 radical (unpaired) electrons. The molecule has 0 aromatic carbocycles. The number of rotatable bonds is 4. The van der Waals surface area contributed by atoms with E-state index in [0.717, 1.165) is 18.4 Å². The van der Waals surface area contributed by atoms with Crippen molar-refractivity contribution in [3.63, 3.8) is 0 Å². The molecule has 1 heterocycles. The third-order valence-corrected chi connectivity index (χ3v) is 2.69. The first-order valence-corrected chi connectivity index (χ1v) is 5.60. The summed E-state index contributed by atoms with van der Waals surface area (Å²) in [5.74, 6) is 0. The summed E-state index contributed by atoms with van der Waals surface area (Å²) in [6.07, 6.45) is 0. The first kappa shape index (κ1) is 9.23. The molecule has 1 nitrogen and oxygen atoms in total. The summed E-state index contributed by atoms with van der Waals surface area (Å²) < 4.78 is 0. The molecule has 0 saturated carbocycles. The van der Waals surface area contributed by atoms with Gasteiger partial charge in [0.05, 0.1) is 0 Å². The summed E-state index contributed by atoms with van der Waals surface area (Å²) in [5.41, 5.74) is 0. The Bertz CT molecular complexity index is 186. The Hall–Kier alpha value is 0.140. The van der Waals surface area contributed by atoms with E-state index in [1.165, 1.54) is 4.88 Å². The van der Waals surface area contributed by atoms with E-state index in [4.69, 9.17) is 0 Å². The van der Waals surface area contributed by atoms with E-state index < -0.39 is 0 Å². The summed E-state index contributed by atoms with van der Waals surface area (Å²) in [7, 11) is 2.14. The molecule has 0 aliphatic rings. The molecule has 0 bridgehead atoms. The van der Waals surface area contributed by atoms with Gasteiger partial charge in [-0.2, -0.15) is 0 Å². The van der Waals surface area contributed by atoms with Crippen LogP contribution < -0.4 is 0 Å². The van der Waals surface area contributed by atoms with Gasteiger partial charge in [-0.25, -0.2) is 0 Å². The lowest BCUT2D eigenvalue weighted by molar-refractivity contribution is 0.353. The summed E-state index contributed by atoms with van der Waals surface area (Å²) >= 11 is 5.24. The second-order valence-corrected chi connectivity index (χ2v) is 4.33. The molecule has 0 aliphatic heterocycles. The minimum absolute atomic E-state index is 1.05. The molecular formula is C8H12BrNS. The number of hydrogen-bond donors (Lipinski definition) is 0. The molecule has 62 valence electrons. The van der Waals surface area contributed by atoms with Crippen molar-refractivity contribution in [2.75, 3.05) is 18.9 Å². The Morgan fingerprint density at radius 2 is 2.45 bits per heavy atom. The van der Waals surface area contributed by atoms with Gasteiger partial charge in [-0.15, -0.1) is 11.3 Å². The van der Waals surface area contributed by atoms with Crippen LogP contribution in [0.25, 0.3) is 0 Å². The maximum atomic E-state index is 3.42. The van der Waals surface area contributed by atoms with Crippen molar-refractivity contribution in [3.8, 4) is 0 Å². The van der Waals surface area contributed by atoms with Gasteiger partial charge in [0, 0.05) is 23.3 Å². The fraction of sp³-hybridized carbons (Fsp3) is 0.500. The third kappa shape index (κ3) is 3.36. The van der Waals surface area contributed by atoms with Crippen molar-refractivity contribution in [1.82, 2.24) is 4.90 Å². The summed E-state index contributed by atoms with van der Waals surface area (Å²) in [6.45, 7) is 2.18. The average molecular weight is 234 g/mol. The molecule has 0 saturated heterocycles. The maximum absolute atomic E-state index is 3.42. The zero-order chi connectivity index (χ0) is 8.10. The highest BCUT2D eigenvalue weighted by atomic mass is 79.9. The van der Waals surface area contributed by atoms with Crippen LogP contribution in [0.15, 0.2) is 17.5 Å². The summed E-state index contributed by atoms with van der Waals surface area (Å²) in [5, 5.41) is 3.17. The van der Waals surface area contributed by atoms with E-state index in [-0.39, 0.29) is 0 Å². The summed E-state index contributed by atoms with van der Waals surface area (Å²) in [4.78, 5) is 3.74. The minimum Gasteiger partial charge on any atom is -0.300 e. The predicted octanol–water partition coefficient (Wildman–Crippen LogP) is 2.57. The minimum atomic E-state index is 1.05. The Labute approximate surface area is 80.2 Å². The highest BCUT2D eigenvalue weighted by Crippen LogP contribution is 2.10. The van der Waals surface area contributed by atoms with Crippen LogP contribution in [0.1, 0.15) is 4.88 Å². The third-order valence-electron chi connectivity index (χ3n) is 1.47. The normalized spacial score (nSPS) is 10.8. The van der Waals surface area contributed by atoms with Gasteiger partial charge < -0.3 is 4.90 Å². The fourth-order valence-electron chi connectivity index (χ4n) is 0.892. The van der Waals surface area contributed by atoms with Crippen molar-refractivity contribution >= 4 is 27.3 Å². The molecule has 0 amide bonds. The smallest absolute Gasteiger partial charge is 0.0325 e. The van der Waals surface area contributed by atoms with Crippen LogP contribution in [0, 0.1) is 0 Å². The van der Waals surface area contributed by atoms with Gasteiger partial charge >= 0.3 is 0 Å². The topological polar surface area (TPSA) is 3.24 Å². The van der Waals surface area contributed by atoms with E-state index in [0.29, 0.717) is 0 Å². The molecule has 0 N–H and O–H groups in total. The number of hydrogen-bond acceptors (Lipinski definition) is 2. The lowest BCUT2D eigenvalue weighted by atomic mass is 10.4. The van der Waals surface area contributed by atoms with Gasteiger partial charge in [-0.1, -0.05) is 22.0 Å². The quantitative estimate of drug-likeness (QED) is 0.724. The largest absolute Gasteiger partial charge is 0.300 e. The molecule has 11 heavy (non-hydrogen) atoms. The Kier molecular flexibility index (Phi) is 4.12. The number of nitrogens with zero attached hydrogens (tertiary/aromatic N) is 1. The lowest BCUT2D eigenvalue weighted by Crippen LogP contribution is -2.19. The van der Waals surface area contributed by atoms with E-state index >= 15 is 0 Å². The fourth-order valence-corrected chi connectivity index (χ4v) is 2.28. The molecule has 0 unspecified atom stereocenters. The van der Waals surface area contributed by atoms with E-state index in [1.54, 1.807) is 0 Å². The van der Waals surface area contributed by atoms with Gasteiger partial charge in [-0.3, -0.25) is 0 Å². The highest BCUT2D eigenvalue weighted by Gasteiger charge is 1.98. The monoisotopic (exact) mass is 233 g/mol. The van der Waals surface area contributed by atoms with Crippen LogP contribution in [0.5, 0.6) is 0 Å². The Balaban J connectivity index is 2.31. The molecule has 0 fully saturated rings. The van der Waals surface area contributed by atoms with Crippen LogP contribution in [-0.2, 0) is 6.54 Å². The number of thiophene rings is 1. The molecule has 3 heteroatoms. The molecular weight excluding hydrogens is 222 g/mol. The van der Waals surface area contributed by atoms with Crippen LogP contribution in [-0.4, -0.2) is 23.8 Å². The van der Waals surface area contributed by atoms with Crippen LogP contribution in [0.3, 0.4) is 0 Å². The molecule has 0 spiro atoms. The van der Waals surface area contributed by atoms with Gasteiger partial charge in [0.15, 0.2) is 0 Å². The second-order valence-electron chi connectivity index (χ2n) is 2.51. The van der Waals surface area contributed by atoms with Gasteiger partial charge in [0.25, 0.3) is 0 Å². The van der Waals surface area contributed by atoms with Crippen LogP contribution in [0.2, 0.25) is 0 Å². The molecule has 0 aliphatic carbocycles. The lowest BCUT2D eigenvalue weighted by Gasteiger charge is -2.12. The summed E-state index contributed by atoms with van der Waals surface area (Å²) in [6, 6.07) is 4.28. The Morgan fingerprint density at radius 3 is 3.00 bits per heavy atom. The molecule has 1 rings (SSSR count). The van der Waals surface area contributed by atoms with E-state index in [1.807, 2.05) is 11.3 Å². The van der Waals surface area contributed by atoms with E-state index in [2.05, 4.69) is 45.4 Å². The maximum Gasteiger partial charge on any atom is 0.0325 e. The van der Waals surface area contributed by atoms with Crippen molar-refractivity contribution < 1.29 is 0 Å². The van der Waals surface area contributed by atoms with Crippen LogP contribution in [0.4, 0.5) is 0 Å². The molecule has 0 atom stereocenters. The van der Waals surface area contributed by atoms with Gasteiger partial charge in [-0.05, 0) is 18.5 Å². The van der Waals surface area contributed by atoms with Crippen molar-refractivity contribution in [1.29, 1.82) is 0 Å². The second kappa shape index (κ2) is 4.91. The molecule has 1 aromatic rings. The SMILES string of the molecule is CN(CCBr)Cc1cccs1.